The van der Waals surface area contributed by atoms with Crippen LogP contribution in [0.4, 0.5) is 0 Å². The van der Waals surface area contributed by atoms with Crippen molar-refractivity contribution < 1.29 is 9.32 Å². The summed E-state index contributed by atoms with van der Waals surface area (Å²) in [6.45, 7) is 2.86. The van der Waals surface area contributed by atoms with E-state index < -0.39 is 0 Å². The smallest absolute Gasteiger partial charge is 0.290 e. The first-order chi connectivity index (χ1) is 13.7. The molecule has 6 heteroatoms. The van der Waals surface area contributed by atoms with Crippen LogP contribution in [-0.4, -0.2) is 35.1 Å². The molecule has 1 aliphatic heterocycles. The van der Waals surface area contributed by atoms with Crippen molar-refractivity contribution in [2.45, 2.75) is 63.5 Å². The van der Waals surface area contributed by atoms with Gasteiger partial charge in [0.15, 0.2) is 0 Å². The fourth-order valence-electron chi connectivity index (χ4n) is 4.43. The highest BCUT2D eigenvalue weighted by molar-refractivity contribution is 6.30. The number of amides is 1. The summed E-state index contributed by atoms with van der Waals surface area (Å²) in [6.07, 6.45) is 7.96. The number of likely N-dealkylation sites (tertiary alicyclic amines) is 1. The largest absolute Gasteiger partial charge is 0.351 e. The third-order valence-corrected chi connectivity index (χ3v) is 6.15. The maximum Gasteiger partial charge on any atom is 0.290 e. The average molecular weight is 402 g/mol. The second kappa shape index (κ2) is 9.10. The number of benzene rings is 1. The van der Waals surface area contributed by atoms with Gasteiger partial charge in [-0.25, -0.2) is 0 Å². The van der Waals surface area contributed by atoms with Gasteiger partial charge in [-0.1, -0.05) is 48.2 Å². The van der Waals surface area contributed by atoms with Crippen LogP contribution in [0.2, 0.25) is 5.02 Å². The first-order valence-corrected chi connectivity index (χ1v) is 10.8. The van der Waals surface area contributed by atoms with E-state index in [4.69, 9.17) is 16.1 Å². The van der Waals surface area contributed by atoms with E-state index in [2.05, 4.69) is 21.4 Å². The SMILES string of the molecule is O=C(NC1CCCCC1)c1cc([C@H]2CCCN(Cc3cccc(Cl)c3)C2)no1. The Labute approximate surface area is 171 Å². The standard InChI is InChI=1S/C22H28ClN3O2/c23-18-8-4-6-16(12-18)14-26-11-5-7-17(15-26)20-13-21(28-25-20)22(27)24-19-9-2-1-3-10-19/h4,6,8,12-13,17,19H,1-3,5,7,9-11,14-15H2,(H,24,27)/t17-/m0/s1. The minimum Gasteiger partial charge on any atom is -0.351 e. The predicted octanol–water partition coefficient (Wildman–Crippen LogP) is 4.77. The number of piperidine rings is 1. The number of hydrogen-bond acceptors (Lipinski definition) is 4. The topological polar surface area (TPSA) is 58.4 Å². The molecule has 1 amide bonds. The molecule has 1 atom stereocenters. The maximum absolute atomic E-state index is 12.5. The number of halogens is 1. The van der Waals surface area contributed by atoms with Gasteiger partial charge >= 0.3 is 0 Å². The Bertz CT molecular complexity index is 801. The molecule has 150 valence electrons. The molecule has 5 nitrogen and oxygen atoms in total. The molecule has 0 unspecified atom stereocenters. The molecule has 4 rings (SSSR count). The molecule has 1 aromatic carbocycles. The van der Waals surface area contributed by atoms with Crippen LogP contribution in [0.5, 0.6) is 0 Å². The van der Waals surface area contributed by atoms with Gasteiger partial charge < -0.3 is 9.84 Å². The van der Waals surface area contributed by atoms with Crippen LogP contribution in [0, 0.1) is 0 Å². The van der Waals surface area contributed by atoms with E-state index in [0.29, 0.717) is 11.7 Å². The molecule has 28 heavy (non-hydrogen) atoms. The second-order valence-electron chi connectivity index (χ2n) is 8.13. The van der Waals surface area contributed by atoms with Crippen LogP contribution in [0.15, 0.2) is 34.9 Å². The van der Waals surface area contributed by atoms with E-state index in [9.17, 15) is 4.79 Å². The van der Waals surface area contributed by atoms with Crippen molar-refractivity contribution in [3.05, 3.63) is 52.4 Å². The molecule has 1 saturated carbocycles. The van der Waals surface area contributed by atoms with Gasteiger partial charge in [-0.05, 0) is 49.9 Å². The number of aromatic nitrogens is 1. The number of carbonyl (C=O) groups is 1. The van der Waals surface area contributed by atoms with Crippen molar-refractivity contribution in [3.8, 4) is 0 Å². The summed E-state index contributed by atoms with van der Waals surface area (Å²) in [7, 11) is 0. The Kier molecular flexibility index (Phi) is 6.33. The Morgan fingerprint density at radius 3 is 2.86 bits per heavy atom. The number of nitrogens with zero attached hydrogens (tertiary/aromatic N) is 2. The van der Waals surface area contributed by atoms with E-state index in [1.54, 1.807) is 0 Å². The summed E-state index contributed by atoms with van der Waals surface area (Å²) in [4.78, 5) is 14.9. The summed E-state index contributed by atoms with van der Waals surface area (Å²) >= 11 is 6.11. The minimum atomic E-state index is -0.128. The predicted molar refractivity (Wildman–Crippen MR) is 110 cm³/mol. The van der Waals surface area contributed by atoms with E-state index in [-0.39, 0.29) is 11.9 Å². The Balaban J connectivity index is 1.35. The van der Waals surface area contributed by atoms with Gasteiger partial charge in [-0.15, -0.1) is 0 Å². The summed E-state index contributed by atoms with van der Waals surface area (Å²) in [5.74, 6) is 0.512. The van der Waals surface area contributed by atoms with Crippen LogP contribution >= 0.6 is 11.6 Å². The first kappa shape index (κ1) is 19.5. The normalized spacial score (nSPS) is 21.5. The van der Waals surface area contributed by atoms with Gasteiger partial charge in [0.05, 0.1) is 5.69 Å². The number of hydrogen-bond donors (Lipinski definition) is 1. The monoisotopic (exact) mass is 401 g/mol. The zero-order valence-corrected chi connectivity index (χ0v) is 17.0. The summed E-state index contributed by atoms with van der Waals surface area (Å²) in [5.41, 5.74) is 2.12. The first-order valence-electron chi connectivity index (χ1n) is 10.4. The molecule has 2 aromatic rings. The van der Waals surface area contributed by atoms with E-state index in [1.807, 2.05) is 24.3 Å². The van der Waals surface area contributed by atoms with Gasteiger partial charge in [-0.2, -0.15) is 0 Å². The third kappa shape index (κ3) is 4.95. The lowest BCUT2D eigenvalue weighted by Gasteiger charge is -2.31. The Hall–Kier alpha value is -1.85. The summed E-state index contributed by atoms with van der Waals surface area (Å²) < 4.78 is 5.39. The van der Waals surface area contributed by atoms with Crippen molar-refractivity contribution in [2.24, 2.45) is 0 Å². The Morgan fingerprint density at radius 1 is 1.18 bits per heavy atom. The summed E-state index contributed by atoms with van der Waals surface area (Å²) in [5, 5.41) is 8.10. The van der Waals surface area contributed by atoms with Gasteiger partial charge in [0, 0.05) is 36.1 Å². The average Bonchev–Trinajstić information content (AvgIpc) is 3.20. The summed E-state index contributed by atoms with van der Waals surface area (Å²) in [6, 6.07) is 10.1. The zero-order valence-electron chi connectivity index (χ0n) is 16.2. The van der Waals surface area contributed by atoms with Crippen LogP contribution in [0.25, 0.3) is 0 Å². The molecule has 0 spiro atoms. The van der Waals surface area contributed by atoms with Gasteiger partial charge in [0.25, 0.3) is 5.91 Å². The molecule has 1 aromatic heterocycles. The number of rotatable bonds is 5. The van der Waals surface area contributed by atoms with Gasteiger partial charge in [0.1, 0.15) is 0 Å². The molecular formula is C22H28ClN3O2. The van der Waals surface area contributed by atoms with Crippen molar-refractivity contribution in [1.82, 2.24) is 15.4 Å². The lowest BCUT2D eigenvalue weighted by atomic mass is 9.94. The van der Waals surface area contributed by atoms with Gasteiger partial charge in [-0.3, -0.25) is 9.69 Å². The quantitative estimate of drug-likeness (QED) is 0.783. The molecule has 2 aliphatic rings. The molecule has 1 aliphatic carbocycles. The molecule has 2 fully saturated rings. The van der Waals surface area contributed by atoms with E-state index in [1.165, 1.54) is 24.8 Å². The van der Waals surface area contributed by atoms with Crippen molar-refractivity contribution in [2.75, 3.05) is 13.1 Å². The molecule has 2 heterocycles. The third-order valence-electron chi connectivity index (χ3n) is 5.91. The molecule has 0 radical (unpaired) electrons. The fourth-order valence-corrected chi connectivity index (χ4v) is 4.64. The van der Waals surface area contributed by atoms with Crippen molar-refractivity contribution >= 4 is 17.5 Å². The minimum absolute atomic E-state index is 0.128. The highest BCUT2D eigenvalue weighted by atomic mass is 35.5. The van der Waals surface area contributed by atoms with Crippen LogP contribution in [0.3, 0.4) is 0 Å². The van der Waals surface area contributed by atoms with Crippen LogP contribution in [-0.2, 0) is 6.54 Å². The fraction of sp³-hybridized carbons (Fsp3) is 0.545. The molecule has 1 N–H and O–H groups in total. The van der Waals surface area contributed by atoms with Crippen LogP contribution in [0.1, 0.15) is 72.7 Å². The number of carbonyl (C=O) groups excluding carboxylic acids is 1. The van der Waals surface area contributed by atoms with Crippen LogP contribution < -0.4 is 5.32 Å². The molecule has 0 bridgehead atoms. The van der Waals surface area contributed by atoms with E-state index in [0.717, 1.165) is 56.0 Å². The second-order valence-corrected chi connectivity index (χ2v) is 8.57. The van der Waals surface area contributed by atoms with Crippen molar-refractivity contribution in [1.29, 1.82) is 0 Å². The highest BCUT2D eigenvalue weighted by Crippen LogP contribution is 2.28. The zero-order chi connectivity index (χ0) is 19.3. The van der Waals surface area contributed by atoms with E-state index >= 15 is 0 Å². The highest BCUT2D eigenvalue weighted by Gasteiger charge is 2.26. The lowest BCUT2D eigenvalue weighted by Crippen LogP contribution is -2.36. The van der Waals surface area contributed by atoms with Crippen molar-refractivity contribution in [3.63, 3.8) is 0 Å². The maximum atomic E-state index is 12.5. The number of nitrogens with one attached hydrogen (secondary N) is 1. The lowest BCUT2D eigenvalue weighted by molar-refractivity contribution is 0.0890. The Morgan fingerprint density at radius 2 is 2.04 bits per heavy atom. The van der Waals surface area contributed by atoms with Gasteiger partial charge in [0.2, 0.25) is 5.76 Å². The molecular weight excluding hydrogens is 374 g/mol. The molecule has 1 saturated heterocycles.